The van der Waals surface area contributed by atoms with Gasteiger partial charge < -0.3 is 5.32 Å². The second-order valence-electron chi connectivity index (χ2n) is 4.90. The van der Waals surface area contributed by atoms with Crippen LogP contribution in [0.5, 0.6) is 0 Å². The summed E-state index contributed by atoms with van der Waals surface area (Å²) in [5, 5.41) is 6.74. The maximum absolute atomic E-state index is 13.4. The Morgan fingerprint density at radius 1 is 1.39 bits per heavy atom. The molecule has 7 heteroatoms. The van der Waals surface area contributed by atoms with Crippen LogP contribution in [-0.2, 0) is 0 Å². The average Bonchev–Trinajstić information content (AvgIpc) is 3.08. The van der Waals surface area contributed by atoms with E-state index in [-0.39, 0.29) is 11.9 Å². The van der Waals surface area contributed by atoms with Gasteiger partial charge in [0.25, 0.3) is 0 Å². The molecule has 0 aliphatic carbocycles. The van der Waals surface area contributed by atoms with Crippen LogP contribution in [0.25, 0.3) is 0 Å². The van der Waals surface area contributed by atoms with E-state index in [1.165, 1.54) is 23.5 Å². The number of hydrogen-bond donors (Lipinski definition) is 1. The molecule has 2 heterocycles. The SMILES string of the molecule is [CH2]CC1=C(CBr)NC(c2nccs2)=N[C@H]1c1ccc(F)cc1Br. The van der Waals surface area contributed by atoms with Crippen LogP contribution in [0.2, 0.25) is 0 Å². The molecule has 0 saturated carbocycles. The fraction of sp³-hybridized carbons (Fsp3) is 0.188. The Morgan fingerprint density at radius 2 is 2.22 bits per heavy atom. The maximum Gasteiger partial charge on any atom is 0.163 e. The van der Waals surface area contributed by atoms with Crippen molar-refractivity contribution < 1.29 is 4.39 Å². The van der Waals surface area contributed by atoms with Crippen molar-refractivity contribution >= 4 is 49.0 Å². The highest BCUT2D eigenvalue weighted by Crippen LogP contribution is 2.37. The fourth-order valence-electron chi connectivity index (χ4n) is 2.46. The minimum Gasteiger partial charge on any atom is -0.341 e. The van der Waals surface area contributed by atoms with E-state index in [1.54, 1.807) is 12.3 Å². The first-order valence-electron chi connectivity index (χ1n) is 6.90. The first-order valence-corrected chi connectivity index (χ1v) is 9.70. The third-order valence-electron chi connectivity index (χ3n) is 3.54. The van der Waals surface area contributed by atoms with E-state index < -0.39 is 0 Å². The second-order valence-corrected chi connectivity index (χ2v) is 7.21. The summed E-state index contributed by atoms with van der Waals surface area (Å²) in [6.07, 6.45) is 2.36. The molecular formula is C16H13Br2FN3S. The number of thiazole rings is 1. The molecule has 119 valence electrons. The lowest BCUT2D eigenvalue weighted by Gasteiger charge is -2.27. The van der Waals surface area contributed by atoms with Crippen molar-refractivity contribution in [2.24, 2.45) is 4.99 Å². The molecule has 23 heavy (non-hydrogen) atoms. The van der Waals surface area contributed by atoms with Crippen LogP contribution >= 0.6 is 43.2 Å². The van der Waals surface area contributed by atoms with E-state index in [1.807, 2.05) is 5.38 Å². The molecule has 0 bridgehead atoms. The molecule has 2 aromatic rings. The highest BCUT2D eigenvalue weighted by molar-refractivity contribution is 9.10. The molecule has 1 aromatic heterocycles. The summed E-state index contributed by atoms with van der Waals surface area (Å²) in [7, 11) is 0. The summed E-state index contributed by atoms with van der Waals surface area (Å²) in [6, 6.07) is 4.47. The minimum absolute atomic E-state index is 0.213. The third-order valence-corrected chi connectivity index (χ3v) is 5.57. The number of allylic oxidation sites excluding steroid dienone is 1. The van der Waals surface area contributed by atoms with E-state index in [0.29, 0.717) is 16.2 Å². The lowest BCUT2D eigenvalue weighted by Crippen LogP contribution is -2.31. The quantitative estimate of drug-likeness (QED) is 0.655. The number of hydrogen-bond acceptors (Lipinski definition) is 4. The zero-order valence-electron chi connectivity index (χ0n) is 12.0. The third kappa shape index (κ3) is 3.41. The number of halogens is 3. The Balaban J connectivity index is 2.11. The summed E-state index contributed by atoms with van der Waals surface area (Å²) in [4.78, 5) is 9.14. The van der Waals surface area contributed by atoms with Crippen molar-refractivity contribution in [3.05, 3.63) is 68.8 Å². The standard InChI is InChI=1S/C16H13Br2FN3S/c1-2-10-13(8-17)21-15(16-20-5-6-23-16)22-14(10)11-4-3-9(19)7-12(11)18/h3-7,14H,1-2,8H2,(H,21,22)/t14-/m1/s1. The van der Waals surface area contributed by atoms with Gasteiger partial charge in [0.1, 0.15) is 11.9 Å². The first-order chi connectivity index (χ1) is 11.1. The maximum atomic E-state index is 13.4. The molecule has 0 amide bonds. The molecule has 1 aliphatic heterocycles. The van der Waals surface area contributed by atoms with Crippen molar-refractivity contribution in [1.82, 2.24) is 10.3 Å². The van der Waals surface area contributed by atoms with Crippen molar-refractivity contribution in [2.45, 2.75) is 12.5 Å². The summed E-state index contributed by atoms with van der Waals surface area (Å²) < 4.78 is 14.1. The second kappa shape index (κ2) is 7.23. The van der Waals surface area contributed by atoms with E-state index in [2.05, 4.69) is 49.1 Å². The largest absolute Gasteiger partial charge is 0.341 e. The normalized spacial score (nSPS) is 17.9. The number of amidine groups is 1. The van der Waals surface area contributed by atoms with E-state index in [4.69, 9.17) is 4.99 Å². The van der Waals surface area contributed by atoms with Crippen molar-refractivity contribution in [3.8, 4) is 0 Å². The highest BCUT2D eigenvalue weighted by Gasteiger charge is 2.27. The molecule has 1 atom stereocenters. The first kappa shape index (κ1) is 16.8. The van der Waals surface area contributed by atoms with Crippen LogP contribution in [0.4, 0.5) is 4.39 Å². The molecule has 3 rings (SSSR count). The van der Waals surface area contributed by atoms with Gasteiger partial charge in [0, 0.05) is 27.1 Å². The van der Waals surface area contributed by atoms with Crippen LogP contribution < -0.4 is 5.32 Å². The summed E-state index contributed by atoms with van der Waals surface area (Å²) in [5.41, 5.74) is 3.02. The smallest absolute Gasteiger partial charge is 0.163 e. The fourth-order valence-corrected chi connectivity index (χ4v) is 4.12. The molecule has 0 spiro atoms. The lowest BCUT2D eigenvalue weighted by atomic mass is 9.94. The minimum atomic E-state index is -0.278. The number of benzene rings is 1. The predicted molar refractivity (Wildman–Crippen MR) is 99.4 cm³/mol. The monoisotopic (exact) mass is 456 g/mol. The summed E-state index contributed by atoms with van der Waals surface area (Å²) in [6.45, 7) is 4.03. The Hall–Kier alpha value is -1.05. The van der Waals surface area contributed by atoms with Crippen LogP contribution in [0.15, 0.2) is 50.5 Å². The van der Waals surface area contributed by atoms with Gasteiger partial charge in [-0.15, -0.1) is 11.3 Å². The number of aromatic nitrogens is 1. The highest BCUT2D eigenvalue weighted by atomic mass is 79.9. The number of rotatable bonds is 4. The van der Waals surface area contributed by atoms with E-state index in [0.717, 1.165) is 27.7 Å². The Kier molecular flexibility index (Phi) is 5.28. The van der Waals surface area contributed by atoms with Gasteiger partial charge in [-0.05, 0) is 36.6 Å². The number of nitrogens with one attached hydrogen (secondary N) is 1. The predicted octanol–water partition coefficient (Wildman–Crippen LogP) is 5.01. The van der Waals surface area contributed by atoms with E-state index >= 15 is 0 Å². The van der Waals surface area contributed by atoms with Crippen molar-refractivity contribution in [1.29, 1.82) is 0 Å². The lowest BCUT2D eigenvalue weighted by molar-refractivity contribution is 0.624. The summed E-state index contributed by atoms with van der Waals surface area (Å²) in [5.74, 6) is 0.451. The zero-order valence-corrected chi connectivity index (χ0v) is 16.0. The van der Waals surface area contributed by atoms with Gasteiger partial charge in [-0.2, -0.15) is 0 Å². The molecule has 3 nitrogen and oxygen atoms in total. The molecule has 0 saturated heterocycles. The molecule has 1 N–H and O–H groups in total. The Labute approximate surface area is 155 Å². The topological polar surface area (TPSA) is 37.3 Å². The van der Waals surface area contributed by atoms with Gasteiger partial charge in [-0.25, -0.2) is 9.37 Å². The van der Waals surface area contributed by atoms with Crippen LogP contribution in [0.1, 0.15) is 23.0 Å². The molecule has 0 fully saturated rings. The van der Waals surface area contributed by atoms with Gasteiger partial charge in [-0.1, -0.05) is 37.9 Å². The molecule has 1 radical (unpaired) electrons. The van der Waals surface area contributed by atoms with Crippen molar-refractivity contribution in [2.75, 3.05) is 5.33 Å². The molecular weight excluding hydrogens is 445 g/mol. The van der Waals surface area contributed by atoms with Gasteiger partial charge in [-0.3, -0.25) is 4.99 Å². The number of nitrogens with zero attached hydrogens (tertiary/aromatic N) is 2. The van der Waals surface area contributed by atoms with Crippen LogP contribution in [-0.4, -0.2) is 16.1 Å². The van der Waals surface area contributed by atoms with Gasteiger partial charge in [0.2, 0.25) is 0 Å². The van der Waals surface area contributed by atoms with Crippen molar-refractivity contribution in [3.63, 3.8) is 0 Å². The molecule has 1 aromatic carbocycles. The Morgan fingerprint density at radius 3 is 2.83 bits per heavy atom. The van der Waals surface area contributed by atoms with Gasteiger partial charge in [0.15, 0.2) is 10.8 Å². The number of aliphatic imine (C=N–C) groups is 1. The van der Waals surface area contributed by atoms with Gasteiger partial charge in [0.05, 0.1) is 0 Å². The van der Waals surface area contributed by atoms with Crippen LogP contribution in [0.3, 0.4) is 0 Å². The van der Waals surface area contributed by atoms with E-state index in [9.17, 15) is 4.39 Å². The Bertz CT molecular complexity index is 772. The van der Waals surface area contributed by atoms with Crippen LogP contribution in [0, 0.1) is 12.7 Å². The zero-order chi connectivity index (χ0) is 16.4. The van der Waals surface area contributed by atoms with Gasteiger partial charge >= 0.3 is 0 Å². The number of alkyl halides is 1. The summed E-state index contributed by atoms with van der Waals surface area (Å²) >= 11 is 8.50. The average molecular weight is 458 g/mol. The molecule has 0 unspecified atom stereocenters. The molecule has 1 aliphatic rings.